The second kappa shape index (κ2) is 6.68. The molecule has 0 fully saturated rings. The Hall–Kier alpha value is -1.57. The molecule has 1 atom stereocenters. The Kier molecular flexibility index (Phi) is 5.10. The first kappa shape index (κ1) is 16.8. The molecule has 1 aliphatic carbocycles. The van der Waals surface area contributed by atoms with Crippen molar-refractivity contribution in [2.75, 3.05) is 13.2 Å². The second-order valence-electron chi connectivity index (χ2n) is 5.37. The number of rotatable bonds is 4. The maximum Gasteiger partial charge on any atom is 0.405 e. The molecule has 22 heavy (non-hydrogen) atoms. The molecule has 0 aromatic carbocycles. The zero-order chi connectivity index (χ0) is 16.3. The van der Waals surface area contributed by atoms with Gasteiger partial charge < -0.3 is 10.1 Å². The molecule has 1 aliphatic rings. The molecule has 1 N–H and O–H groups in total. The van der Waals surface area contributed by atoms with E-state index in [4.69, 9.17) is 4.74 Å². The molecule has 1 unspecified atom stereocenters. The van der Waals surface area contributed by atoms with Gasteiger partial charge in [0.15, 0.2) is 6.61 Å². The number of hydrogen-bond donors (Lipinski definition) is 1. The van der Waals surface area contributed by atoms with Crippen molar-refractivity contribution in [3.05, 3.63) is 21.4 Å². The van der Waals surface area contributed by atoms with E-state index in [1.807, 2.05) is 0 Å². The normalized spacial score (nSPS) is 17.7. The highest BCUT2D eigenvalue weighted by atomic mass is 32.1. The highest BCUT2D eigenvalue weighted by Gasteiger charge is 2.28. The summed E-state index contributed by atoms with van der Waals surface area (Å²) in [5, 5.41) is 3.35. The van der Waals surface area contributed by atoms with Crippen molar-refractivity contribution in [2.45, 2.75) is 32.4 Å². The summed E-state index contributed by atoms with van der Waals surface area (Å²) in [6.45, 7) is -0.00327. The van der Waals surface area contributed by atoms with E-state index in [1.54, 1.807) is 10.7 Å². The first-order chi connectivity index (χ1) is 10.3. The molecule has 0 saturated carbocycles. The van der Waals surface area contributed by atoms with Gasteiger partial charge in [0.1, 0.15) is 6.54 Å². The minimum atomic E-state index is -4.48. The summed E-state index contributed by atoms with van der Waals surface area (Å²) in [4.78, 5) is 24.3. The first-order valence-corrected chi connectivity index (χ1v) is 7.74. The van der Waals surface area contributed by atoms with Gasteiger partial charge in [-0.2, -0.15) is 13.2 Å². The lowest BCUT2D eigenvalue weighted by Crippen LogP contribution is -2.36. The third-order valence-corrected chi connectivity index (χ3v) is 4.49. The van der Waals surface area contributed by atoms with Crippen molar-refractivity contribution in [1.29, 1.82) is 0 Å². The Morgan fingerprint density at radius 2 is 2.18 bits per heavy atom. The van der Waals surface area contributed by atoms with Crippen molar-refractivity contribution in [3.8, 4) is 0 Å². The topological polar surface area (TPSA) is 55.4 Å². The number of amides is 1. The molecule has 0 bridgehead atoms. The lowest BCUT2D eigenvalue weighted by molar-refractivity contribution is -0.140. The summed E-state index contributed by atoms with van der Waals surface area (Å²) < 4.78 is 40.6. The lowest BCUT2D eigenvalue weighted by Gasteiger charge is -2.18. The van der Waals surface area contributed by atoms with Gasteiger partial charge >= 0.3 is 12.1 Å². The van der Waals surface area contributed by atoms with Gasteiger partial charge in [0, 0.05) is 10.3 Å². The molecule has 1 amide bonds. The van der Waals surface area contributed by atoms with Crippen LogP contribution in [-0.4, -0.2) is 31.2 Å². The van der Waals surface area contributed by atoms with Gasteiger partial charge in [0.25, 0.3) is 5.91 Å². The molecule has 1 aromatic heterocycles. The molecule has 0 aliphatic heterocycles. The Morgan fingerprint density at radius 3 is 2.86 bits per heavy atom. The molecule has 0 spiro atoms. The van der Waals surface area contributed by atoms with E-state index in [9.17, 15) is 22.8 Å². The molecule has 1 heterocycles. The smallest absolute Gasteiger partial charge is 0.405 e. The monoisotopic (exact) mass is 335 g/mol. The highest BCUT2D eigenvalue weighted by molar-refractivity contribution is 7.10. The third-order valence-electron chi connectivity index (χ3n) is 3.44. The maximum absolute atomic E-state index is 11.9. The van der Waals surface area contributed by atoms with Gasteiger partial charge in [-0.15, -0.1) is 11.3 Å². The molecular formula is C14H16F3NO3S. The standard InChI is InChI=1S/C14H16F3NO3S/c1-8-2-3-9-10(6-22-11(9)4-8)13(20)21-5-12(19)18-7-14(15,16)17/h6,8H,2-5,7H2,1H3,(H,18,19). The number of hydrogen-bond acceptors (Lipinski definition) is 4. The van der Waals surface area contributed by atoms with Crippen LogP contribution in [0.15, 0.2) is 5.38 Å². The van der Waals surface area contributed by atoms with Gasteiger partial charge in [0.05, 0.1) is 5.56 Å². The van der Waals surface area contributed by atoms with Crippen LogP contribution in [0.25, 0.3) is 0 Å². The number of alkyl halides is 3. The average molecular weight is 335 g/mol. The molecule has 0 radical (unpaired) electrons. The van der Waals surface area contributed by atoms with Gasteiger partial charge in [-0.25, -0.2) is 4.79 Å². The summed E-state index contributed by atoms with van der Waals surface area (Å²) in [6, 6.07) is 0. The molecule has 1 aromatic rings. The molecule has 0 saturated heterocycles. The van der Waals surface area contributed by atoms with E-state index in [0.29, 0.717) is 11.5 Å². The number of esters is 1. The Morgan fingerprint density at radius 1 is 1.45 bits per heavy atom. The van der Waals surface area contributed by atoms with Crippen molar-refractivity contribution in [2.24, 2.45) is 5.92 Å². The second-order valence-corrected chi connectivity index (χ2v) is 6.33. The number of carbonyl (C=O) groups excluding carboxylic acids is 2. The van der Waals surface area contributed by atoms with E-state index in [-0.39, 0.29) is 0 Å². The van der Waals surface area contributed by atoms with Crippen LogP contribution in [0.4, 0.5) is 13.2 Å². The largest absolute Gasteiger partial charge is 0.452 e. The van der Waals surface area contributed by atoms with Crippen LogP contribution in [0, 0.1) is 5.92 Å². The summed E-state index contributed by atoms with van der Waals surface area (Å²) >= 11 is 1.48. The van der Waals surface area contributed by atoms with Crippen LogP contribution < -0.4 is 5.32 Å². The highest BCUT2D eigenvalue weighted by Crippen LogP contribution is 2.33. The number of thiophene rings is 1. The van der Waals surface area contributed by atoms with E-state index in [1.165, 1.54) is 11.3 Å². The van der Waals surface area contributed by atoms with Crippen molar-refractivity contribution in [1.82, 2.24) is 5.32 Å². The molecule has 4 nitrogen and oxygen atoms in total. The van der Waals surface area contributed by atoms with E-state index in [0.717, 1.165) is 29.7 Å². The minimum Gasteiger partial charge on any atom is -0.452 e. The summed E-state index contributed by atoms with van der Waals surface area (Å²) in [5.74, 6) is -1.05. The molecule has 2 rings (SSSR count). The molecule has 8 heteroatoms. The van der Waals surface area contributed by atoms with E-state index < -0.39 is 31.2 Å². The minimum absolute atomic E-state index is 0.426. The van der Waals surface area contributed by atoms with Crippen LogP contribution >= 0.6 is 11.3 Å². The zero-order valence-electron chi connectivity index (χ0n) is 12.0. The summed E-state index contributed by atoms with van der Waals surface area (Å²) in [5.41, 5.74) is 1.37. The average Bonchev–Trinajstić information content (AvgIpc) is 2.84. The van der Waals surface area contributed by atoms with E-state index >= 15 is 0 Å². The number of carbonyl (C=O) groups is 2. The van der Waals surface area contributed by atoms with Gasteiger partial charge in [-0.05, 0) is 30.7 Å². The predicted molar refractivity (Wildman–Crippen MR) is 74.9 cm³/mol. The Labute approximate surface area is 129 Å². The van der Waals surface area contributed by atoms with Crippen molar-refractivity contribution >= 4 is 23.2 Å². The number of fused-ring (bicyclic) bond motifs is 1. The number of ether oxygens (including phenoxy) is 1. The number of halogens is 3. The predicted octanol–water partition coefficient (Wildman–Crippen LogP) is 2.71. The van der Waals surface area contributed by atoms with Crippen molar-refractivity contribution in [3.63, 3.8) is 0 Å². The van der Waals surface area contributed by atoms with Gasteiger partial charge in [0.2, 0.25) is 0 Å². The Bertz CT molecular complexity index is 568. The Balaban J connectivity index is 1.87. The van der Waals surface area contributed by atoms with Gasteiger partial charge in [-0.1, -0.05) is 6.92 Å². The summed E-state index contributed by atoms with van der Waals surface area (Å²) in [7, 11) is 0. The quantitative estimate of drug-likeness (QED) is 0.861. The van der Waals surface area contributed by atoms with Crippen LogP contribution in [-0.2, 0) is 22.4 Å². The van der Waals surface area contributed by atoms with Gasteiger partial charge in [-0.3, -0.25) is 4.79 Å². The third kappa shape index (κ3) is 4.46. The fourth-order valence-corrected chi connectivity index (χ4v) is 3.54. The molecule has 122 valence electrons. The molecular weight excluding hydrogens is 319 g/mol. The van der Waals surface area contributed by atoms with Crippen LogP contribution in [0.1, 0.15) is 34.1 Å². The zero-order valence-corrected chi connectivity index (χ0v) is 12.8. The fourth-order valence-electron chi connectivity index (χ4n) is 2.31. The lowest BCUT2D eigenvalue weighted by atomic mass is 9.88. The maximum atomic E-state index is 11.9. The fraction of sp³-hybridized carbons (Fsp3) is 0.571. The number of nitrogens with one attached hydrogen (secondary N) is 1. The van der Waals surface area contributed by atoms with Crippen LogP contribution in [0.5, 0.6) is 0 Å². The van der Waals surface area contributed by atoms with Crippen LogP contribution in [0.2, 0.25) is 0 Å². The van der Waals surface area contributed by atoms with Crippen LogP contribution in [0.3, 0.4) is 0 Å². The first-order valence-electron chi connectivity index (χ1n) is 6.86. The van der Waals surface area contributed by atoms with Crippen molar-refractivity contribution < 1.29 is 27.5 Å². The SMILES string of the molecule is CC1CCc2c(C(=O)OCC(=O)NCC(F)(F)F)csc2C1. The summed E-state index contributed by atoms with van der Waals surface area (Å²) in [6.07, 6.45) is -1.80. The van der Waals surface area contributed by atoms with E-state index in [2.05, 4.69) is 6.92 Å².